The lowest BCUT2D eigenvalue weighted by Gasteiger charge is -2.09. The van der Waals surface area contributed by atoms with Crippen molar-refractivity contribution in [1.29, 1.82) is 0 Å². The largest absolute Gasteiger partial charge is 0.497 e. The number of fused-ring (bicyclic) bond motifs is 1. The van der Waals surface area contributed by atoms with Gasteiger partial charge >= 0.3 is 0 Å². The molecular weight excluding hydrogens is 340 g/mol. The molecule has 3 rings (SSSR count). The Morgan fingerprint density at radius 1 is 0.846 bits per heavy atom. The summed E-state index contributed by atoms with van der Waals surface area (Å²) in [6, 6.07) is 12.1. The summed E-state index contributed by atoms with van der Waals surface area (Å²) in [5.74, 6) is 2.19. The van der Waals surface area contributed by atoms with Crippen molar-refractivity contribution >= 4 is 11.0 Å². The van der Waals surface area contributed by atoms with Gasteiger partial charge in [0.15, 0.2) is 5.43 Å². The van der Waals surface area contributed by atoms with Gasteiger partial charge in [-0.2, -0.15) is 0 Å². The Balaban J connectivity index is 0.00000109. The second kappa shape index (κ2) is 9.45. The van der Waals surface area contributed by atoms with E-state index in [1.807, 2.05) is 24.3 Å². The molecule has 1 heterocycles. The van der Waals surface area contributed by atoms with E-state index in [0.29, 0.717) is 28.2 Å². The number of ether oxygens (including phenoxy) is 3. The van der Waals surface area contributed by atoms with Gasteiger partial charge in [0.05, 0.1) is 21.3 Å². The van der Waals surface area contributed by atoms with Crippen LogP contribution in [0.2, 0.25) is 0 Å². The lowest BCUT2D eigenvalue weighted by Crippen LogP contribution is -2.03. The molecule has 3 N–H and O–H groups in total. The Bertz CT molecular complexity index is 898. The normalized spacial score (nSPS) is 9.58. The number of aliphatic hydroxyl groups excluding tert-OH is 1. The molecule has 0 saturated heterocycles. The highest BCUT2D eigenvalue weighted by atomic mass is 16.5. The minimum Gasteiger partial charge on any atom is -0.497 e. The second-order valence-electron chi connectivity index (χ2n) is 4.91. The van der Waals surface area contributed by atoms with Crippen LogP contribution in [0.1, 0.15) is 0 Å². The van der Waals surface area contributed by atoms with Crippen molar-refractivity contribution in [1.82, 2.24) is 0 Å². The van der Waals surface area contributed by atoms with Gasteiger partial charge < -0.3 is 29.2 Å². The number of benzene rings is 2. The third-order valence-electron chi connectivity index (χ3n) is 3.60. The molecule has 140 valence electrons. The summed E-state index contributed by atoms with van der Waals surface area (Å²) in [6.45, 7) is 0. The van der Waals surface area contributed by atoms with Crippen molar-refractivity contribution in [2.75, 3.05) is 28.4 Å². The van der Waals surface area contributed by atoms with Crippen LogP contribution < -0.4 is 19.6 Å². The molecule has 0 saturated carbocycles. The molecule has 0 spiro atoms. The van der Waals surface area contributed by atoms with Crippen LogP contribution in [0.25, 0.3) is 22.3 Å². The smallest absolute Gasteiger partial charge is 0.197 e. The van der Waals surface area contributed by atoms with Crippen LogP contribution in [0, 0.1) is 0 Å². The van der Waals surface area contributed by atoms with Gasteiger partial charge in [-0.25, -0.2) is 0 Å². The van der Waals surface area contributed by atoms with Gasteiger partial charge in [0.2, 0.25) is 0 Å². The fourth-order valence-electron chi connectivity index (χ4n) is 2.40. The maximum absolute atomic E-state index is 12.5. The summed E-state index contributed by atoms with van der Waals surface area (Å²) < 4.78 is 21.5. The third-order valence-corrected chi connectivity index (χ3v) is 3.60. The Labute approximate surface area is 150 Å². The van der Waals surface area contributed by atoms with Crippen molar-refractivity contribution < 1.29 is 29.2 Å². The van der Waals surface area contributed by atoms with Crippen LogP contribution >= 0.6 is 0 Å². The SMILES string of the molecule is CO.COc1ccc(-c2cc(=O)c3c(OC)cc(OC)cc3o2)cc1.O. The average molecular weight is 362 g/mol. The number of hydrogen-bond donors (Lipinski definition) is 1. The zero-order valence-corrected chi connectivity index (χ0v) is 15.0. The predicted molar refractivity (Wildman–Crippen MR) is 99.3 cm³/mol. The standard InChI is InChI=1S/C18H16O5.CH4O.H2O/c1-20-12-6-4-11(5-7-12)15-10-14(19)18-16(22-3)8-13(21-2)9-17(18)23-15;1-2;/h4-10H,1-3H3;2H,1H3;1H2. The van der Waals surface area contributed by atoms with Crippen molar-refractivity contribution in [3.8, 4) is 28.6 Å². The van der Waals surface area contributed by atoms with Crippen LogP contribution in [-0.2, 0) is 0 Å². The highest BCUT2D eigenvalue weighted by molar-refractivity contribution is 5.86. The minimum atomic E-state index is -0.170. The average Bonchev–Trinajstić information content (AvgIpc) is 2.68. The van der Waals surface area contributed by atoms with Gasteiger partial charge in [0, 0.05) is 30.9 Å². The van der Waals surface area contributed by atoms with E-state index in [2.05, 4.69) is 0 Å². The van der Waals surface area contributed by atoms with Gasteiger partial charge in [0.1, 0.15) is 34.0 Å². The Morgan fingerprint density at radius 2 is 1.46 bits per heavy atom. The van der Waals surface area contributed by atoms with E-state index < -0.39 is 0 Å². The van der Waals surface area contributed by atoms with E-state index in [-0.39, 0.29) is 10.9 Å². The fraction of sp³-hybridized carbons (Fsp3) is 0.211. The van der Waals surface area contributed by atoms with Crippen molar-refractivity contribution in [2.24, 2.45) is 0 Å². The van der Waals surface area contributed by atoms with Gasteiger partial charge in [-0.1, -0.05) is 0 Å². The fourth-order valence-corrected chi connectivity index (χ4v) is 2.40. The molecule has 0 atom stereocenters. The number of aliphatic hydroxyl groups is 1. The number of rotatable bonds is 4. The van der Waals surface area contributed by atoms with Gasteiger partial charge in [-0.15, -0.1) is 0 Å². The highest BCUT2D eigenvalue weighted by Gasteiger charge is 2.13. The van der Waals surface area contributed by atoms with E-state index in [1.165, 1.54) is 13.2 Å². The molecule has 0 bridgehead atoms. The predicted octanol–water partition coefficient (Wildman–Crippen LogP) is 2.27. The lowest BCUT2D eigenvalue weighted by molar-refractivity contribution is 0.396. The molecule has 0 aliphatic carbocycles. The molecule has 2 aromatic carbocycles. The first-order chi connectivity index (χ1) is 12.2. The first kappa shape index (κ1) is 21.0. The maximum atomic E-state index is 12.5. The van der Waals surface area contributed by atoms with Crippen LogP contribution in [-0.4, -0.2) is 39.0 Å². The van der Waals surface area contributed by atoms with E-state index in [9.17, 15) is 4.79 Å². The molecule has 26 heavy (non-hydrogen) atoms. The summed E-state index contributed by atoms with van der Waals surface area (Å²) in [5.41, 5.74) is 1.03. The summed E-state index contributed by atoms with van der Waals surface area (Å²) in [7, 11) is 5.65. The molecule has 0 aliphatic heterocycles. The molecule has 0 radical (unpaired) electrons. The van der Waals surface area contributed by atoms with Crippen LogP contribution in [0.4, 0.5) is 0 Å². The minimum absolute atomic E-state index is 0. The molecule has 7 heteroatoms. The quantitative estimate of drug-likeness (QED) is 0.762. The number of methoxy groups -OCH3 is 3. The summed E-state index contributed by atoms with van der Waals surface area (Å²) in [4.78, 5) is 12.5. The van der Waals surface area contributed by atoms with E-state index >= 15 is 0 Å². The zero-order valence-electron chi connectivity index (χ0n) is 15.0. The van der Waals surface area contributed by atoms with Crippen molar-refractivity contribution in [3.05, 3.63) is 52.7 Å². The first-order valence-corrected chi connectivity index (χ1v) is 7.45. The topological polar surface area (TPSA) is 110 Å². The molecule has 0 amide bonds. The van der Waals surface area contributed by atoms with Gasteiger partial charge in [0.25, 0.3) is 0 Å². The van der Waals surface area contributed by atoms with Gasteiger partial charge in [-0.05, 0) is 24.3 Å². The van der Waals surface area contributed by atoms with Gasteiger partial charge in [-0.3, -0.25) is 4.79 Å². The molecule has 3 aromatic rings. The summed E-state index contributed by atoms with van der Waals surface area (Å²) >= 11 is 0. The van der Waals surface area contributed by atoms with Crippen molar-refractivity contribution in [3.63, 3.8) is 0 Å². The Hall–Kier alpha value is -3.03. The Kier molecular flexibility index (Phi) is 7.64. The summed E-state index contributed by atoms with van der Waals surface area (Å²) in [6.07, 6.45) is 0. The molecule has 0 unspecified atom stereocenters. The first-order valence-electron chi connectivity index (χ1n) is 7.45. The Morgan fingerprint density at radius 3 is 2.00 bits per heavy atom. The third kappa shape index (κ3) is 4.14. The van der Waals surface area contributed by atoms with Crippen molar-refractivity contribution in [2.45, 2.75) is 0 Å². The molecule has 1 aromatic heterocycles. The lowest BCUT2D eigenvalue weighted by atomic mass is 10.1. The monoisotopic (exact) mass is 362 g/mol. The molecule has 7 nitrogen and oxygen atoms in total. The molecule has 0 aliphatic rings. The number of hydrogen-bond acceptors (Lipinski definition) is 6. The zero-order chi connectivity index (χ0) is 18.4. The van der Waals surface area contributed by atoms with E-state index in [1.54, 1.807) is 26.4 Å². The van der Waals surface area contributed by atoms with Crippen LogP contribution in [0.15, 0.2) is 51.7 Å². The molecular formula is C19H22O7. The maximum Gasteiger partial charge on any atom is 0.197 e. The van der Waals surface area contributed by atoms with Crippen LogP contribution in [0.3, 0.4) is 0 Å². The molecule has 0 fully saturated rings. The van der Waals surface area contributed by atoms with Crippen LogP contribution in [0.5, 0.6) is 17.2 Å². The highest BCUT2D eigenvalue weighted by Crippen LogP contribution is 2.31. The second-order valence-corrected chi connectivity index (χ2v) is 4.91. The summed E-state index contributed by atoms with van der Waals surface area (Å²) in [5, 5.41) is 7.39. The van der Waals surface area contributed by atoms with E-state index in [0.717, 1.165) is 18.4 Å². The van der Waals surface area contributed by atoms with E-state index in [4.69, 9.17) is 23.7 Å².